The normalized spacial score (nSPS) is 21.5. The van der Waals surface area contributed by atoms with Crippen LogP contribution in [0.1, 0.15) is 34.1 Å². The van der Waals surface area contributed by atoms with Crippen molar-refractivity contribution in [3.63, 3.8) is 0 Å². The van der Waals surface area contributed by atoms with Gasteiger partial charge in [0.1, 0.15) is 0 Å². The van der Waals surface area contributed by atoms with E-state index in [4.69, 9.17) is 0 Å². The lowest BCUT2D eigenvalue weighted by molar-refractivity contribution is 0.124. The first-order chi connectivity index (χ1) is 7.91. The zero-order valence-electron chi connectivity index (χ0n) is 12.4. The van der Waals surface area contributed by atoms with Crippen molar-refractivity contribution >= 4 is 0 Å². The van der Waals surface area contributed by atoms with E-state index in [9.17, 15) is 0 Å². The van der Waals surface area contributed by atoms with Crippen LogP contribution in [0.15, 0.2) is 0 Å². The predicted molar refractivity (Wildman–Crippen MR) is 75.5 cm³/mol. The summed E-state index contributed by atoms with van der Waals surface area (Å²) >= 11 is 0. The second-order valence-electron chi connectivity index (χ2n) is 6.47. The Kier molecular flexibility index (Phi) is 5.90. The van der Waals surface area contributed by atoms with Crippen LogP contribution < -0.4 is 5.32 Å². The van der Waals surface area contributed by atoms with E-state index in [1.54, 1.807) is 0 Å². The van der Waals surface area contributed by atoms with Gasteiger partial charge in [-0.2, -0.15) is 0 Å². The first-order valence-electron chi connectivity index (χ1n) is 7.04. The molecule has 1 saturated heterocycles. The Bertz CT molecular complexity index is 202. The standard InChI is InChI=1S/C14H31N3/c1-13(14(2,3)4)16(5)11-12-17-9-6-7-15-8-10-17/h13,15H,6-12H2,1-5H3. The number of rotatable bonds is 4. The van der Waals surface area contributed by atoms with Crippen LogP contribution in [0.3, 0.4) is 0 Å². The average molecular weight is 241 g/mol. The van der Waals surface area contributed by atoms with Crippen LogP contribution in [0.25, 0.3) is 0 Å². The molecule has 0 bridgehead atoms. The number of nitrogens with one attached hydrogen (secondary N) is 1. The number of hydrogen-bond donors (Lipinski definition) is 1. The molecule has 1 aliphatic heterocycles. The highest BCUT2D eigenvalue weighted by atomic mass is 15.2. The average Bonchev–Trinajstić information content (AvgIpc) is 2.51. The van der Waals surface area contributed by atoms with E-state index in [-0.39, 0.29) is 0 Å². The van der Waals surface area contributed by atoms with Gasteiger partial charge < -0.3 is 15.1 Å². The van der Waals surface area contributed by atoms with Gasteiger partial charge in [-0.05, 0) is 38.9 Å². The fourth-order valence-corrected chi connectivity index (χ4v) is 2.28. The molecule has 0 aliphatic carbocycles. The summed E-state index contributed by atoms with van der Waals surface area (Å²) in [6.07, 6.45) is 1.29. The second-order valence-corrected chi connectivity index (χ2v) is 6.47. The summed E-state index contributed by atoms with van der Waals surface area (Å²) in [5.74, 6) is 0. The third-order valence-corrected chi connectivity index (χ3v) is 4.12. The van der Waals surface area contributed by atoms with Crippen LogP contribution in [0.2, 0.25) is 0 Å². The maximum atomic E-state index is 3.46. The van der Waals surface area contributed by atoms with Gasteiger partial charge in [0.2, 0.25) is 0 Å². The van der Waals surface area contributed by atoms with Gasteiger partial charge in [-0.1, -0.05) is 20.8 Å². The summed E-state index contributed by atoms with van der Waals surface area (Å²) in [5, 5.41) is 3.46. The van der Waals surface area contributed by atoms with Crippen LogP contribution in [0, 0.1) is 5.41 Å². The van der Waals surface area contributed by atoms with Gasteiger partial charge in [-0.15, -0.1) is 0 Å². The molecule has 1 N–H and O–H groups in total. The first kappa shape index (κ1) is 14.9. The minimum atomic E-state index is 0.370. The summed E-state index contributed by atoms with van der Waals surface area (Å²) in [7, 11) is 2.26. The summed E-state index contributed by atoms with van der Waals surface area (Å²) in [4.78, 5) is 5.09. The molecule has 1 heterocycles. The molecule has 0 aromatic heterocycles. The first-order valence-corrected chi connectivity index (χ1v) is 7.04. The second kappa shape index (κ2) is 6.72. The lowest BCUT2D eigenvalue weighted by atomic mass is 9.87. The van der Waals surface area contributed by atoms with Crippen LogP contribution in [0.4, 0.5) is 0 Å². The zero-order valence-corrected chi connectivity index (χ0v) is 12.4. The molecule has 3 nitrogen and oxygen atoms in total. The Morgan fingerprint density at radius 2 is 1.94 bits per heavy atom. The molecule has 0 saturated carbocycles. The maximum absolute atomic E-state index is 3.46. The highest BCUT2D eigenvalue weighted by molar-refractivity contribution is 4.78. The van der Waals surface area contributed by atoms with Crippen LogP contribution in [0.5, 0.6) is 0 Å². The number of nitrogens with zero attached hydrogens (tertiary/aromatic N) is 2. The Hall–Kier alpha value is -0.120. The number of likely N-dealkylation sites (N-methyl/N-ethyl adjacent to an activating group) is 1. The van der Waals surface area contributed by atoms with Crippen LogP contribution in [-0.4, -0.2) is 62.2 Å². The molecule has 0 aromatic carbocycles. The minimum absolute atomic E-state index is 0.370. The molecule has 1 rings (SSSR count). The fourth-order valence-electron chi connectivity index (χ4n) is 2.28. The van der Waals surface area contributed by atoms with Gasteiger partial charge in [-0.25, -0.2) is 0 Å². The molecule has 0 radical (unpaired) electrons. The monoisotopic (exact) mass is 241 g/mol. The zero-order chi connectivity index (χ0) is 12.9. The summed E-state index contributed by atoms with van der Waals surface area (Å²) in [6.45, 7) is 16.5. The van der Waals surface area contributed by atoms with Crippen LogP contribution >= 0.6 is 0 Å². The minimum Gasteiger partial charge on any atom is -0.315 e. The Morgan fingerprint density at radius 1 is 1.24 bits per heavy atom. The Morgan fingerprint density at radius 3 is 2.59 bits per heavy atom. The van der Waals surface area contributed by atoms with Crippen molar-refractivity contribution in [2.45, 2.75) is 40.2 Å². The SMILES string of the molecule is CC(N(C)CCN1CCCNCC1)C(C)(C)C. The van der Waals surface area contributed by atoms with E-state index in [1.165, 1.54) is 39.1 Å². The van der Waals surface area contributed by atoms with E-state index < -0.39 is 0 Å². The van der Waals surface area contributed by atoms with Gasteiger partial charge in [0.05, 0.1) is 0 Å². The highest BCUT2D eigenvalue weighted by Gasteiger charge is 2.23. The molecule has 0 aromatic rings. The quantitative estimate of drug-likeness (QED) is 0.807. The van der Waals surface area contributed by atoms with E-state index >= 15 is 0 Å². The van der Waals surface area contributed by atoms with Gasteiger partial charge in [-0.3, -0.25) is 0 Å². The van der Waals surface area contributed by atoms with E-state index in [0.29, 0.717) is 11.5 Å². The van der Waals surface area contributed by atoms with Crippen molar-refractivity contribution in [3.05, 3.63) is 0 Å². The Labute approximate surface area is 108 Å². The van der Waals surface area contributed by atoms with Crippen molar-refractivity contribution in [1.82, 2.24) is 15.1 Å². The third-order valence-electron chi connectivity index (χ3n) is 4.12. The predicted octanol–water partition coefficient (Wildman–Crippen LogP) is 1.65. The van der Waals surface area contributed by atoms with E-state index in [0.717, 1.165) is 6.54 Å². The third kappa shape index (κ3) is 5.36. The highest BCUT2D eigenvalue weighted by Crippen LogP contribution is 2.22. The maximum Gasteiger partial charge on any atom is 0.0113 e. The topological polar surface area (TPSA) is 18.5 Å². The molecular formula is C14H31N3. The smallest absolute Gasteiger partial charge is 0.0113 e. The van der Waals surface area contributed by atoms with Crippen molar-refractivity contribution in [1.29, 1.82) is 0 Å². The molecule has 1 unspecified atom stereocenters. The summed E-state index contributed by atoms with van der Waals surface area (Å²) < 4.78 is 0. The molecule has 1 aliphatic rings. The van der Waals surface area contributed by atoms with Gasteiger partial charge in [0.25, 0.3) is 0 Å². The van der Waals surface area contributed by atoms with Crippen molar-refractivity contribution in [2.75, 3.05) is 46.3 Å². The van der Waals surface area contributed by atoms with Crippen molar-refractivity contribution < 1.29 is 0 Å². The summed E-state index contributed by atoms with van der Waals surface area (Å²) in [6, 6.07) is 0.632. The summed E-state index contributed by atoms with van der Waals surface area (Å²) in [5.41, 5.74) is 0.370. The molecule has 0 spiro atoms. The van der Waals surface area contributed by atoms with Crippen molar-refractivity contribution in [2.24, 2.45) is 5.41 Å². The fraction of sp³-hybridized carbons (Fsp3) is 1.00. The molecule has 17 heavy (non-hydrogen) atoms. The molecule has 1 fully saturated rings. The van der Waals surface area contributed by atoms with Crippen LogP contribution in [-0.2, 0) is 0 Å². The van der Waals surface area contributed by atoms with E-state index in [2.05, 4.69) is 49.9 Å². The molecule has 102 valence electrons. The van der Waals surface area contributed by atoms with Gasteiger partial charge in [0, 0.05) is 32.2 Å². The van der Waals surface area contributed by atoms with Gasteiger partial charge >= 0.3 is 0 Å². The lowest BCUT2D eigenvalue weighted by Crippen LogP contribution is -2.43. The lowest BCUT2D eigenvalue weighted by Gasteiger charge is -2.36. The Balaban J connectivity index is 2.29. The van der Waals surface area contributed by atoms with Gasteiger partial charge in [0.15, 0.2) is 0 Å². The molecule has 3 heteroatoms. The van der Waals surface area contributed by atoms with E-state index in [1.807, 2.05) is 0 Å². The number of hydrogen-bond acceptors (Lipinski definition) is 3. The molecular weight excluding hydrogens is 210 g/mol. The molecule has 1 atom stereocenters. The molecule has 0 amide bonds. The largest absolute Gasteiger partial charge is 0.315 e. The van der Waals surface area contributed by atoms with Crippen molar-refractivity contribution in [3.8, 4) is 0 Å².